The van der Waals surface area contributed by atoms with Crippen LogP contribution in [0.3, 0.4) is 0 Å². The Morgan fingerprint density at radius 1 is 1.33 bits per heavy atom. The third kappa shape index (κ3) is 5.00. The fourth-order valence-corrected chi connectivity index (χ4v) is 4.43. The molecular formula is C21H22ClN5O2S. The molecule has 0 aliphatic carbocycles. The summed E-state index contributed by atoms with van der Waals surface area (Å²) in [5.74, 6) is -0.169. The smallest absolute Gasteiger partial charge is 0.242 e. The Bertz CT molecular complexity index is 1010. The van der Waals surface area contributed by atoms with Crippen LogP contribution in [0.5, 0.6) is 0 Å². The number of rotatable bonds is 7. The lowest BCUT2D eigenvalue weighted by Crippen LogP contribution is -2.21. The van der Waals surface area contributed by atoms with Gasteiger partial charge >= 0.3 is 0 Å². The van der Waals surface area contributed by atoms with Crippen molar-refractivity contribution in [1.82, 2.24) is 20.2 Å². The van der Waals surface area contributed by atoms with Crippen LogP contribution in [0.15, 0.2) is 53.7 Å². The van der Waals surface area contributed by atoms with Gasteiger partial charge in [0.1, 0.15) is 5.25 Å². The highest BCUT2D eigenvalue weighted by molar-refractivity contribution is 8.00. The molecule has 1 fully saturated rings. The first-order valence-electron chi connectivity index (χ1n) is 9.76. The van der Waals surface area contributed by atoms with E-state index in [9.17, 15) is 4.79 Å². The molecule has 1 amide bonds. The summed E-state index contributed by atoms with van der Waals surface area (Å²) in [6, 6.07) is 15.1. The number of benzene rings is 2. The number of anilines is 1. The molecule has 4 rings (SSSR count). The van der Waals surface area contributed by atoms with E-state index >= 15 is 0 Å². The average molecular weight is 444 g/mol. The maximum atomic E-state index is 13.2. The zero-order valence-electron chi connectivity index (χ0n) is 16.5. The van der Waals surface area contributed by atoms with Gasteiger partial charge in [-0.2, -0.15) is 0 Å². The molecule has 1 aliphatic rings. The largest absolute Gasteiger partial charge is 0.376 e. The van der Waals surface area contributed by atoms with Crippen LogP contribution in [0.1, 0.15) is 29.2 Å². The van der Waals surface area contributed by atoms with E-state index < -0.39 is 5.25 Å². The van der Waals surface area contributed by atoms with Crippen LogP contribution >= 0.6 is 23.4 Å². The first kappa shape index (κ1) is 20.8. The first-order chi connectivity index (χ1) is 14.6. The molecule has 9 heteroatoms. The van der Waals surface area contributed by atoms with E-state index in [1.54, 1.807) is 10.7 Å². The van der Waals surface area contributed by atoms with Crippen LogP contribution in [-0.4, -0.2) is 38.8 Å². The molecule has 0 radical (unpaired) electrons. The number of thioether (sulfide) groups is 1. The van der Waals surface area contributed by atoms with Crippen molar-refractivity contribution in [2.75, 3.05) is 11.9 Å². The number of tetrazole rings is 1. The van der Waals surface area contributed by atoms with E-state index in [1.807, 2.05) is 49.4 Å². The number of aryl methyl sites for hydroxylation is 1. The minimum Gasteiger partial charge on any atom is -0.376 e. The molecule has 1 aliphatic heterocycles. The third-order valence-corrected chi connectivity index (χ3v) is 6.54. The molecule has 156 valence electrons. The first-order valence-corrected chi connectivity index (χ1v) is 11.0. The highest BCUT2D eigenvalue weighted by atomic mass is 35.5. The zero-order chi connectivity index (χ0) is 20.9. The molecular weight excluding hydrogens is 422 g/mol. The highest BCUT2D eigenvalue weighted by Gasteiger charge is 2.26. The minimum atomic E-state index is -0.527. The number of carbonyl (C=O) groups excluding carboxylic acids is 1. The Kier molecular flexibility index (Phi) is 6.66. The Morgan fingerprint density at radius 3 is 2.90 bits per heavy atom. The van der Waals surface area contributed by atoms with Crippen LogP contribution in [-0.2, 0) is 16.1 Å². The fraction of sp³-hybridized carbons (Fsp3) is 0.333. The van der Waals surface area contributed by atoms with Crippen molar-refractivity contribution in [3.05, 3.63) is 64.7 Å². The van der Waals surface area contributed by atoms with E-state index in [1.165, 1.54) is 11.8 Å². The van der Waals surface area contributed by atoms with Gasteiger partial charge < -0.3 is 10.1 Å². The number of nitrogens with one attached hydrogen (secondary N) is 1. The summed E-state index contributed by atoms with van der Waals surface area (Å²) < 4.78 is 7.42. The lowest BCUT2D eigenvalue weighted by atomic mass is 10.1. The number of halogens is 1. The molecule has 0 bridgehead atoms. The van der Waals surface area contributed by atoms with Gasteiger partial charge in [0.05, 0.1) is 12.6 Å². The monoisotopic (exact) mass is 443 g/mol. The molecule has 2 heterocycles. The molecule has 30 heavy (non-hydrogen) atoms. The second-order valence-corrected chi connectivity index (χ2v) is 8.62. The molecule has 0 unspecified atom stereocenters. The number of hydrogen-bond acceptors (Lipinski definition) is 6. The van der Waals surface area contributed by atoms with Crippen molar-refractivity contribution in [2.24, 2.45) is 0 Å². The van der Waals surface area contributed by atoms with Gasteiger partial charge in [0.15, 0.2) is 0 Å². The summed E-state index contributed by atoms with van der Waals surface area (Å²) in [4.78, 5) is 13.2. The van der Waals surface area contributed by atoms with Crippen LogP contribution < -0.4 is 5.32 Å². The number of aromatic nitrogens is 4. The van der Waals surface area contributed by atoms with Gasteiger partial charge in [0, 0.05) is 17.3 Å². The average Bonchev–Trinajstić information content (AvgIpc) is 3.42. The van der Waals surface area contributed by atoms with Crippen molar-refractivity contribution in [1.29, 1.82) is 0 Å². The molecule has 0 spiro atoms. The summed E-state index contributed by atoms with van der Waals surface area (Å²) in [5, 5.41) is 15.7. The summed E-state index contributed by atoms with van der Waals surface area (Å²) in [5.41, 5.74) is 2.47. The van der Waals surface area contributed by atoms with Crippen molar-refractivity contribution in [3.8, 4) is 0 Å². The Labute approximate surface area is 184 Å². The molecule has 0 saturated carbocycles. The zero-order valence-corrected chi connectivity index (χ0v) is 18.1. The summed E-state index contributed by atoms with van der Waals surface area (Å²) in [6.07, 6.45) is 2.14. The molecule has 3 aromatic rings. The Morgan fingerprint density at radius 2 is 2.17 bits per heavy atom. The molecule has 1 aromatic heterocycles. The fourth-order valence-electron chi connectivity index (χ4n) is 3.26. The summed E-state index contributed by atoms with van der Waals surface area (Å²) in [7, 11) is 0. The lowest BCUT2D eigenvalue weighted by Gasteiger charge is -2.17. The number of nitrogens with zero attached hydrogens (tertiary/aromatic N) is 4. The van der Waals surface area contributed by atoms with Gasteiger partial charge in [0.2, 0.25) is 11.1 Å². The van der Waals surface area contributed by atoms with E-state index in [0.29, 0.717) is 22.4 Å². The second kappa shape index (κ2) is 9.59. The highest BCUT2D eigenvalue weighted by Crippen LogP contribution is 2.35. The SMILES string of the molecule is Cc1ccc(NC(=O)[C@@H](Sc2nnnn2C[C@H]2CCCO2)c2ccccc2)cc1Cl. The van der Waals surface area contributed by atoms with Gasteiger partial charge in [-0.05, 0) is 53.5 Å². The number of hydrogen-bond donors (Lipinski definition) is 1. The summed E-state index contributed by atoms with van der Waals surface area (Å²) in [6.45, 7) is 3.26. The van der Waals surface area contributed by atoms with Crippen molar-refractivity contribution in [2.45, 2.75) is 42.8 Å². The van der Waals surface area contributed by atoms with Gasteiger partial charge in [-0.15, -0.1) is 5.10 Å². The quantitative estimate of drug-likeness (QED) is 0.548. The molecule has 7 nitrogen and oxygen atoms in total. The van der Waals surface area contributed by atoms with E-state index in [-0.39, 0.29) is 12.0 Å². The van der Waals surface area contributed by atoms with Crippen LogP contribution in [0.25, 0.3) is 0 Å². The van der Waals surface area contributed by atoms with Gasteiger partial charge in [-0.3, -0.25) is 4.79 Å². The minimum absolute atomic E-state index is 0.103. The maximum absolute atomic E-state index is 13.2. The third-order valence-electron chi connectivity index (χ3n) is 4.90. The van der Waals surface area contributed by atoms with Gasteiger partial charge in [-0.1, -0.05) is 59.8 Å². The van der Waals surface area contributed by atoms with Gasteiger partial charge in [0.25, 0.3) is 0 Å². The molecule has 1 N–H and O–H groups in total. The second-order valence-electron chi connectivity index (χ2n) is 7.14. The van der Waals surface area contributed by atoms with Crippen molar-refractivity contribution in [3.63, 3.8) is 0 Å². The topological polar surface area (TPSA) is 81.9 Å². The Balaban J connectivity index is 1.55. The molecule has 1 saturated heterocycles. The van der Waals surface area contributed by atoms with Crippen LogP contribution in [0, 0.1) is 6.92 Å². The van der Waals surface area contributed by atoms with Crippen LogP contribution in [0.4, 0.5) is 5.69 Å². The Hall–Kier alpha value is -2.42. The molecule has 2 aromatic carbocycles. The number of carbonyl (C=O) groups is 1. The molecule has 2 atom stereocenters. The number of amides is 1. The predicted molar refractivity (Wildman–Crippen MR) is 117 cm³/mol. The van der Waals surface area contributed by atoms with E-state index in [2.05, 4.69) is 20.8 Å². The van der Waals surface area contributed by atoms with Crippen molar-refractivity contribution < 1.29 is 9.53 Å². The lowest BCUT2D eigenvalue weighted by molar-refractivity contribution is -0.115. The van der Waals surface area contributed by atoms with E-state index in [4.69, 9.17) is 16.3 Å². The van der Waals surface area contributed by atoms with Gasteiger partial charge in [-0.25, -0.2) is 4.68 Å². The van der Waals surface area contributed by atoms with Crippen LogP contribution in [0.2, 0.25) is 5.02 Å². The standard InChI is InChI=1S/C21H22ClN5O2S/c1-14-9-10-16(12-18(14)22)23-20(28)19(15-6-3-2-4-7-15)30-21-24-25-26-27(21)13-17-8-5-11-29-17/h2-4,6-7,9-10,12,17,19H,5,8,11,13H2,1H3,(H,23,28)/t17-,19+/m1/s1. The summed E-state index contributed by atoms with van der Waals surface area (Å²) >= 11 is 7.53. The predicted octanol–water partition coefficient (Wildman–Crippen LogP) is 4.29. The number of ether oxygens (including phenoxy) is 1. The maximum Gasteiger partial charge on any atom is 0.242 e. The van der Waals surface area contributed by atoms with Crippen molar-refractivity contribution >= 4 is 35.0 Å². The normalized spacial score (nSPS) is 17.1. The van der Waals surface area contributed by atoms with E-state index in [0.717, 1.165) is 30.6 Å².